The third-order valence-electron chi connectivity index (χ3n) is 0.569. The van der Waals surface area contributed by atoms with Crippen molar-refractivity contribution >= 4 is 22.6 Å². The van der Waals surface area contributed by atoms with E-state index in [0.29, 0.717) is 6.54 Å². The van der Waals surface area contributed by atoms with Gasteiger partial charge < -0.3 is 5.11 Å². The average molecular weight is 153 g/mol. The fourth-order valence-electron chi connectivity index (χ4n) is 0.209. The van der Waals surface area contributed by atoms with Gasteiger partial charge in [-0.3, -0.25) is 4.72 Å². The highest BCUT2D eigenvalue weighted by molar-refractivity contribution is 8.67. The highest BCUT2D eigenvalue weighted by Crippen LogP contribution is 2.03. The second-order valence-electron chi connectivity index (χ2n) is 2.22. The molecule has 0 aromatic carbocycles. The molecule has 0 amide bonds. The number of nitrogens with one attached hydrogen (secondary N) is 1. The third-order valence-corrected chi connectivity index (χ3v) is 1.23. The molecule has 0 aromatic heterocycles. The highest BCUT2D eigenvalue weighted by atomic mass is 33.1. The van der Waals surface area contributed by atoms with E-state index >= 15 is 0 Å². The van der Waals surface area contributed by atoms with Crippen molar-refractivity contribution in [3.05, 3.63) is 0 Å². The summed E-state index contributed by atoms with van der Waals surface area (Å²) in [6.07, 6.45) is 0. The molecule has 2 nitrogen and oxygen atoms in total. The topological polar surface area (TPSA) is 32.3 Å². The van der Waals surface area contributed by atoms with Gasteiger partial charge in [0.15, 0.2) is 0 Å². The monoisotopic (exact) mass is 153 g/mol. The molecular formula is C4H11NOS2. The summed E-state index contributed by atoms with van der Waals surface area (Å²) in [4.78, 5) is 0. The maximum absolute atomic E-state index is 9.04. The second kappa shape index (κ2) is 3.61. The van der Waals surface area contributed by atoms with Crippen molar-refractivity contribution in [2.45, 2.75) is 19.4 Å². The lowest BCUT2D eigenvalue weighted by Crippen LogP contribution is -2.30. The first kappa shape index (κ1) is 8.62. The Labute approximate surface area is 59.0 Å². The molecule has 0 aliphatic heterocycles. The van der Waals surface area contributed by atoms with Crippen LogP contribution in [0.3, 0.4) is 0 Å². The van der Waals surface area contributed by atoms with Gasteiger partial charge in [-0.05, 0) is 24.8 Å². The van der Waals surface area contributed by atoms with Gasteiger partial charge in [0.2, 0.25) is 0 Å². The number of thiol groups is 1. The molecule has 0 radical (unpaired) electrons. The van der Waals surface area contributed by atoms with Crippen LogP contribution in [0.25, 0.3) is 0 Å². The minimum absolute atomic E-state index is 0.557. The van der Waals surface area contributed by atoms with Crippen molar-refractivity contribution in [3.63, 3.8) is 0 Å². The second-order valence-corrected chi connectivity index (χ2v) is 3.24. The standard InChI is InChI=1S/C4H11NOS2/c1-4(2,6)3-5-8-7/h5-7H,3H2,1-2H3. The van der Waals surface area contributed by atoms with Crippen molar-refractivity contribution in [2.75, 3.05) is 6.54 Å². The van der Waals surface area contributed by atoms with Crippen LogP contribution in [0.4, 0.5) is 0 Å². The fourth-order valence-corrected chi connectivity index (χ4v) is 0.820. The third kappa shape index (κ3) is 6.62. The van der Waals surface area contributed by atoms with Gasteiger partial charge in [-0.25, -0.2) is 0 Å². The van der Waals surface area contributed by atoms with E-state index in [4.69, 9.17) is 5.11 Å². The highest BCUT2D eigenvalue weighted by Gasteiger charge is 2.09. The number of rotatable bonds is 3. The van der Waals surface area contributed by atoms with Gasteiger partial charge in [0.1, 0.15) is 0 Å². The number of hydrogen-bond donors (Lipinski definition) is 3. The maximum atomic E-state index is 9.04. The largest absolute Gasteiger partial charge is 0.389 e. The predicted octanol–water partition coefficient (Wildman–Crippen LogP) is 0.840. The maximum Gasteiger partial charge on any atom is 0.0725 e. The van der Waals surface area contributed by atoms with Crippen molar-refractivity contribution < 1.29 is 5.11 Å². The van der Waals surface area contributed by atoms with Crippen LogP contribution in [-0.4, -0.2) is 17.3 Å². The smallest absolute Gasteiger partial charge is 0.0725 e. The molecule has 0 fully saturated rings. The number of aliphatic hydroxyl groups is 1. The predicted molar refractivity (Wildman–Crippen MR) is 40.9 cm³/mol. The van der Waals surface area contributed by atoms with Gasteiger partial charge in [0.05, 0.1) is 5.60 Å². The van der Waals surface area contributed by atoms with Crippen LogP contribution in [0, 0.1) is 0 Å². The molecule has 2 N–H and O–H groups in total. The molecule has 0 spiro atoms. The molecule has 0 heterocycles. The first-order valence-corrected chi connectivity index (χ1v) is 4.19. The molecular weight excluding hydrogens is 142 g/mol. The quantitative estimate of drug-likeness (QED) is 0.319. The van der Waals surface area contributed by atoms with Crippen molar-refractivity contribution in [3.8, 4) is 0 Å². The van der Waals surface area contributed by atoms with E-state index in [1.54, 1.807) is 13.8 Å². The first-order chi connectivity index (χ1) is 3.56. The molecule has 0 saturated carbocycles. The summed E-state index contributed by atoms with van der Waals surface area (Å²) in [5.74, 6) is 0. The lowest BCUT2D eigenvalue weighted by molar-refractivity contribution is 0.0866. The fraction of sp³-hybridized carbons (Fsp3) is 1.00. The molecule has 4 heteroatoms. The Morgan fingerprint density at radius 3 is 2.38 bits per heavy atom. The van der Waals surface area contributed by atoms with Gasteiger partial charge in [0, 0.05) is 6.54 Å². The Balaban J connectivity index is 3.11. The molecule has 0 aliphatic carbocycles. The Hall–Kier alpha value is 0.620. The average Bonchev–Trinajstić information content (AvgIpc) is 1.59. The molecule has 50 valence electrons. The van der Waals surface area contributed by atoms with E-state index in [1.165, 1.54) is 11.0 Å². The molecule has 8 heavy (non-hydrogen) atoms. The summed E-state index contributed by atoms with van der Waals surface area (Å²) < 4.78 is 2.82. The molecule has 0 saturated heterocycles. The summed E-state index contributed by atoms with van der Waals surface area (Å²) >= 11 is 3.83. The van der Waals surface area contributed by atoms with Crippen LogP contribution < -0.4 is 4.72 Å². The van der Waals surface area contributed by atoms with Crippen LogP contribution in [0.5, 0.6) is 0 Å². The van der Waals surface area contributed by atoms with E-state index in [9.17, 15) is 0 Å². The molecule has 0 bridgehead atoms. The molecule has 0 unspecified atom stereocenters. The van der Waals surface area contributed by atoms with Crippen LogP contribution in [0.15, 0.2) is 0 Å². The van der Waals surface area contributed by atoms with Gasteiger partial charge in [-0.15, -0.1) is 0 Å². The van der Waals surface area contributed by atoms with E-state index in [2.05, 4.69) is 16.4 Å². The number of hydrogen-bond acceptors (Lipinski definition) is 4. The summed E-state index contributed by atoms with van der Waals surface area (Å²) in [6, 6.07) is 0. The molecule has 0 aliphatic rings. The van der Waals surface area contributed by atoms with Gasteiger partial charge >= 0.3 is 0 Å². The van der Waals surface area contributed by atoms with E-state index in [0.717, 1.165) is 0 Å². The van der Waals surface area contributed by atoms with Gasteiger partial charge in [-0.2, -0.15) is 0 Å². The first-order valence-electron chi connectivity index (χ1n) is 2.32. The minimum atomic E-state index is -0.629. The Kier molecular flexibility index (Phi) is 3.89. The summed E-state index contributed by atoms with van der Waals surface area (Å²) in [7, 11) is 1.21. The normalized spacial score (nSPS) is 12.0. The summed E-state index contributed by atoms with van der Waals surface area (Å²) in [5, 5.41) is 9.04. The Morgan fingerprint density at radius 1 is 1.75 bits per heavy atom. The Bertz CT molecular complexity index is 61.5. The molecule has 0 atom stereocenters. The van der Waals surface area contributed by atoms with E-state index in [1.807, 2.05) is 0 Å². The summed E-state index contributed by atoms with van der Waals surface area (Å²) in [6.45, 7) is 4.04. The van der Waals surface area contributed by atoms with Crippen molar-refractivity contribution in [1.29, 1.82) is 0 Å². The van der Waals surface area contributed by atoms with Gasteiger partial charge in [0.25, 0.3) is 0 Å². The zero-order chi connectivity index (χ0) is 6.62. The van der Waals surface area contributed by atoms with Crippen LogP contribution in [0.1, 0.15) is 13.8 Å². The van der Waals surface area contributed by atoms with Crippen LogP contribution in [-0.2, 0) is 0 Å². The van der Waals surface area contributed by atoms with E-state index < -0.39 is 5.60 Å². The molecule has 0 aromatic rings. The van der Waals surface area contributed by atoms with E-state index in [-0.39, 0.29) is 0 Å². The zero-order valence-electron chi connectivity index (χ0n) is 5.01. The van der Waals surface area contributed by atoms with Crippen LogP contribution in [0.2, 0.25) is 0 Å². The van der Waals surface area contributed by atoms with Crippen LogP contribution >= 0.6 is 22.6 Å². The SMILES string of the molecule is CC(C)(O)CNSS. The lowest BCUT2D eigenvalue weighted by Gasteiger charge is -2.15. The lowest BCUT2D eigenvalue weighted by atomic mass is 10.1. The van der Waals surface area contributed by atoms with Crippen molar-refractivity contribution in [1.82, 2.24) is 4.72 Å². The Morgan fingerprint density at radius 2 is 2.25 bits per heavy atom. The molecule has 0 rings (SSSR count). The zero-order valence-corrected chi connectivity index (χ0v) is 6.72. The minimum Gasteiger partial charge on any atom is -0.389 e. The summed E-state index contributed by atoms with van der Waals surface area (Å²) in [5.41, 5.74) is -0.629. The van der Waals surface area contributed by atoms with Gasteiger partial charge in [-0.1, -0.05) is 11.7 Å². The van der Waals surface area contributed by atoms with Crippen molar-refractivity contribution in [2.24, 2.45) is 0 Å².